The molecule has 0 spiro atoms. The predicted molar refractivity (Wildman–Crippen MR) is 122 cm³/mol. The minimum Gasteiger partial charge on any atom is -0.489 e. The van der Waals surface area contributed by atoms with Crippen molar-refractivity contribution in [3.63, 3.8) is 0 Å². The van der Waals surface area contributed by atoms with Crippen LogP contribution in [0.5, 0.6) is 5.75 Å². The summed E-state index contributed by atoms with van der Waals surface area (Å²) in [6.45, 7) is 0.0218. The third-order valence-corrected chi connectivity index (χ3v) is 5.30. The van der Waals surface area contributed by atoms with Crippen LogP contribution in [0.4, 0.5) is 17.6 Å². The Hall–Kier alpha value is -4.20. The molecule has 1 N–H and O–H groups in total. The Morgan fingerprint density at radius 2 is 1.60 bits per heavy atom. The number of carbonyl (C=O) groups is 1. The monoisotopic (exact) mass is 481 g/mol. The van der Waals surface area contributed by atoms with E-state index in [1.165, 1.54) is 36.5 Å². The smallest absolute Gasteiger partial charge is 0.417 e. The highest BCUT2D eigenvalue weighted by molar-refractivity contribution is 5.72. The van der Waals surface area contributed by atoms with Crippen LogP contribution in [0.25, 0.3) is 22.3 Å². The second-order valence-corrected chi connectivity index (χ2v) is 7.82. The number of carboxylic acids is 1. The summed E-state index contributed by atoms with van der Waals surface area (Å²) in [5.74, 6) is -1.69. The summed E-state index contributed by atoms with van der Waals surface area (Å²) < 4.78 is 60.8. The van der Waals surface area contributed by atoms with Gasteiger partial charge in [0.15, 0.2) is 0 Å². The van der Waals surface area contributed by atoms with Crippen molar-refractivity contribution in [3.05, 3.63) is 108 Å². The van der Waals surface area contributed by atoms with E-state index >= 15 is 0 Å². The highest BCUT2D eigenvalue weighted by Gasteiger charge is 2.34. The number of pyridine rings is 1. The molecule has 0 fully saturated rings. The first kappa shape index (κ1) is 23.9. The van der Waals surface area contributed by atoms with E-state index in [2.05, 4.69) is 4.98 Å². The number of nitrogens with zero attached hydrogens (tertiary/aromatic N) is 1. The Morgan fingerprint density at radius 1 is 0.857 bits per heavy atom. The van der Waals surface area contributed by atoms with Crippen LogP contribution in [0.1, 0.15) is 16.7 Å². The molecule has 4 aromatic rings. The zero-order valence-corrected chi connectivity index (χ0v) is 18.2. The molecule has 0 saturated carbocycles. The summed E-state index contributed by atoms with van der Waals surface area (Å²) in [4.78, 5) is 15.0. The molecular formula is C27H19F4NO3. The molecule has 0 aliphatic rings. The summed E-state index contributed by atoms with van der Waals surface area (Å²) >= 11 is 0. The summed E-state index contributed by atoms with van der Waals surface area (Å²) in [7, 11) is 0. The summed E-state index contributed by atoms with van der Waals surface area (Å²) in [5, 5.41) is 8.94. The van der Waals surface area contributed by atoms with Crippen LogP contribution in [-0.4, -0.2) is 16.1 Å². The molecule has 0 aliphatic carbocycles. The van der Waals surface area contributed by atoms with Crippen molar-refractivity contribution < 1.29 is 32.2 Å². The number of ether oxygens (including phenoxy) is 1. The standard InChI is InChI=1S/C27H19F4NO3/c28-25-4-2-1-3-23(25)22-10-9-21(13-24(22)27(29,30)31)35-16-17-5-7-19(8-6-17)20-11-18(12-26(33)34)14-32-15-20/h1-11,13-15H,12,16H2,(H,33,34). The number of alkyl halides is 3. The van der Waals surface area contributed by atoms with Gasteiger partial charge in [-0.25, -0.2) is 4.39 Å². The third-order valence-electron chi connectivity index (χ3n) is 5.30. The fraction of sp³-hybridized carbons (Fsp3) is 0.111. The van der Waals surface area contributed by atoms with Gasteiger partial charge >= 0.3 is 12.1 Å². The lowest BCUT2D eigenvalue weighted by molar-refractivity contribution is -0.137. The zero-order valence-electron chi connectivity index (χ0n) is 18.2. The summed E-state index contributed by atoms with van der Waals surface area (Å²) in [6.07, 6.45) is -1.72. The number of carboxylic acid groups (broad SMARTS) is 1. The highest BCUT2D eigenvalue weighted by atomic mass is 19.4. The molecule has 0 amide bonds. The van der Waals surface area contributed by atoms with Crippen LogP contribution in [-0.2, 0) is 24.0 Å². The van der Waals surface area contributed by atoms with Crippen molar-refractivity contribution in [1.29, 1.82) is 0 Å². The van der Waals surface area contributed by atoms with E-state index in [0.29, 0.717) is 5.56 Å². The van der Waals surface area contributed by atoms with Gasteiger partial charge < -0.3 is 9.84 Å². The van der Waals surface area contributed by atoms with Crippen LogP contribution in [0.15, 0.2) is 85.2 Å². The maximum Gasteiger partial charge on any atom is 0.417 e. The van der Waals surface area contributed by atoms with Gasteiger partial charge in [-0.2, -0.15) is 13.2 Å². The number of rotatable bonds is 7. The van der Waals surface area contributed by atoms with Gasteiger partial charge in [-0.05, 0) is 52.6 Å². The van der Waals surface area contributed by atoms with E-state index in [1.54, 1.807) is 36.5 Å². The van der Waals surface area contributed by atoms with Crippen molar-refractivity contribution in [2.45, 2.75) is 19.2 Å². The van der Waals surface area contributed by atoms with Crippen LogP contribution >= 0.6 is 0 Å². The Morgan fingerprint density at radius 3 is 2.29 bits per heavy atom. The number of benzene rings is 3. The SMILES string of the molecule is O=C(O)Cc1cncc(-c2ccc(COc3ccc(-c4ccccc4F)c(C(F)(F)F)c3)cc2)c1. The molecular weight excluding hydrogens is 462 g/mol. The Kier molecular flexibility index (Phi) is 6.82. The molecule has 0 saturated heterocycles. The maximum atomic E-state index is 14.1. The largest absolute Gasteiger partial charge is 0.489 e. The summed E-state index contributed by atoms with van der Waals surface area (Å²) in [6, 6.07) is 17.6. The molecule has 0 bridgehead atoms. The fourth-order valence-corrected chi connectivity index (χ4v) is 3.64. The highest BCUT2D eigenvalue weighted by Crippen LogP contribution is 2.40. The molecule has 1 heterocycles. The van der Waals surface area contributed by atoms with E-state index < -0.39 is 23.5 Å². The van der Waals surface area contributed by atoms with Crippen molar-refractivity contribution in [1.82, 2.24) is 4.98 Å². The number of aliphatic carboxylic acids is 1. The minimum atomic E-state index is -4.69. The van der Waals surface area contributed by atoms with Gasteiger partial charge in [0, 0.05) is 23.5 Å². The Balaban J connectivity index is 1.51. The van der Waals surface area contributed by atoms with Gasteiger partial charge in [-0.3, -0.25) is 9.78 Å². The topological polar surface area (TPSA) is 59.4 Å². The van der Waals surface area contributed by atoms with Crippen molar-refractivity contribution in [2.24, 2.45) is 0 Å². The molecule has 0 atom stereocenters. The predicted octanol–water partition coefficient (Wildman–Crippen LogP) is 6.78. The van der Waals surface area contributed by atoms with E-state index in [1.807, 2.05) is 0 Å². The number of hydrogen-bond acceptors (Lipinski definition) is 3. The molecule has 4 rings (SSSR count). The zero-order chi connectivity index (χ0) is 25.0. The number of aromatic nitrogens is 1. The van der Waals surface area contributed by atoms with Crippen molar-refractivity contribution in [2.75, 3.05) is 0 Å². The van der Waals surface area contributed by atoms with E-state index in [9.17, 15) is 22.4 Å². The van der Waals surface area contributed by atoms with Gasteiger partial charge in [0.1, 0.15) is 18.2 Å². The average Bonchev–Trinajstić information content (AvgIpc) is 2.82. The molecule has 178 valence electrons. The van der Waals surface area contributed by atoms with Gasteiger partial charge in [0.2, 0.25) is 0 Å². The van der Waals surface area contributed by atoms with Crippen LogP contribution < -0.4 is 4.74 Å². The first-order valence-corrected chi connectivity index (χ1v) is 10.5. The molecule has 35 heavy (non-hydrogen) atoms. The molecule has 8 heteroatoms. The second kappa shape index (κ2) is 9.97. The fourth-order valence-electron chi connectivity index (χ4n) is 3.64. The van der Waals surface area contributed by atoms with Gasteiger partial charge in [-0.15, -0.1) is 0 Å². The molecule has 3 aromatic carbocycles. The Bertz CT molecular complexity index is 1350. The summed E-state index contributed by atoms with van der Waals surface area (Å²) in [5.41, 5.74) is 1.47. The van der Waals surface area contributed by atoms with E-state index in [0.717, 1.165) is 28.8 Å². The molecule has 4 nitrogen and oxygen atoms in total. The lowest BCUT2D eigenvalue weighted by atomic mass is 9.98. The molecule has 0 aliphatic heterocycles. The van der Waals surface area contributed by atoms with Crippen LogP contribution in [0, 0.1) is 5.82 Å². The first-order valence-electron chi connectivity index (χ1n) is 10.5. The number of halogens is 4. The number of hydrogen-bond donors (Lipinski definition) is 1. The van der Waals surface area contributed by atoms with Crippen molar-refractivity contribution >= 4 is 5.97 Å². The maximum absolute atomic E-state index is 14.1. The van der Waals surface area contributed by atoms with E-state index in [-0.39, 0.29) is 29.9 Å². The first-order chi connectivity index (χ1) is 16.7. The average molecular weight is 481 g/mol. The Labute approximate surface area is 198 Å². The minimum absolute atomic E-state index is 0.00654. The molecule has 0 radical (unpaired) electrons. The van der Waals surface area contributed by atoms with Crippen molar-refractivity contribution in [3.8, 4) is 28.0 Å². The van der Waals surface area contributed by atoms with Gasteiger partial charge in [0.25, 0.3) is 0 Å². The van der Waals surface area contributed by atoms with Crippen LogP contribution in [0.2, 0.25) is 0 Å². The molecule has 0 unspecified atom stereocenters. The molecule has 1 aromatic heterocycles. The van der Waals surface area contributed by atoms with Crippen LogP contribution in [0.3, 0.4) is 0 Å². The third kappa shape index (κ3) is 5.84. The normalized spacial score (nSPS) is 11.3. The quantitative estimate of drug-likeness (QED) is 0.296. The van der Waals surface area contributed by atoms with E-state index in [4.69, 9.17) is 9.84 Å². The van der Waals surface area contributed by atoms with Gasteiger partial charge in [-0.1, -0.05) is 42.5 Å². The lowest BCUT2D eigenvalue weighted by Gasteiger charge is -2.16. The van der Waals surface area contributed by atoms with Gasteiger partial charge in [0.05, 0.1) is 12.0 Å². The second-order valence-electron chi connectivity index (χ2n) is 7.82. The lowest BCUT2D eigenvalue weighted by Crippen LogP contribution is -2.08.